The third-order valence-corrected chi connectivity index (χ3v) is 3.87. The second kappa shape index (κ2) is 6.51. The summed E-state index contributed by atoms with van der Waals surface area (Å²) in [4.78, 5) is 10.4. The Balaban J connectivity index is 2.47. The highest BCUT2D eigenvalue weighted by Crippen LogP contribution is 2.02. The normalized spacial score (nSPS) is 13.2. The number of hydrogen-bond donors (Lipinski definition) is 2. The Morgan fingerprint density at radius 3 is 2.50 bits per heavy atom. The van der Waals surface area contributed by atoms with Crippen molar-refractivity contribution in [1.82, 2.24) is 4.72 Å². The van der Waals surface area contributed by atoms with Crippen LogP contribution in [0.5, 0.6) is 0 Å². The molecule has 1 atom stereocenters. The Bertz CT molecular complexity index is 484. The van der Waals surface area contributed by atoms with E-state index in [4.69, 9.17) is 5.11 Å². The number of carboxylic acid groups (broad SMARTS) is 1. The Kier molecular flexibility index (Phi) is 5.30. The van der Waals surface area contributed by atoms with Crippen molar-refractivity contribution in [2.75, 3.05) is 5.75 Å². The first-order valence-electron chi connectivity index (χ1n) is 5.65. The molecule has 0 spiro atoms. The molecule has 0 bridgehead atoms. The molecule has 0 radical (unpaired) electrons. The molecule has 0 saturated carbocycles. The minimum atomic E-state index is -3.44. The minimum Gasteiger partial charge on any atom is -0.481 e. The van der Waals surface area contributed by atoms with Crippen molar-refractivity contribution in [2.45, 2.75) is 25.8 Å². The van der Waals surface area contributed by atoms with E-state index in [0.29, 0.717) is 6.42 Å². The lowest BCUT2D eigenvalue weighted by atomic mass is 10.2. The van der Waals surface area contributed by atoms with Gasteiger partial charge >= 0.3 is 5.97 Å². The maximum atomic E-state index is 11.7. The van der Waals surface area contributed by atoms with E-state index in [2.05, 4.69) is 4.72 Å². The molecule has 100 valence electrons. The molecule has 6 heteroatoms. The quantitative estimate of drug-likeness (QED) is 0.775. The van der Waals surface area contributed by atoms with Crippen molar-refractivity contribution in [1.29, 1.82) is 0 Å². The summed E-state index contributed by atoms with van der Waals surface area (Å²) in [6.07, 6.45) is 0.195. The summed E-state index contributed by atoms with van der Waals surface area (Å²) in [5, 5.41) is 8.55. The zero-order valence-corrected chi connectivity index (χ0v) is 11.0. The van der Waals surface area contributed by atoms with Gasteiger partial charge in [-0.2, -0.15) is 0 Å². The van der Waals surface area contributed by atoms with Crippen LogP contribution in [0.4, 0.5) is 0 Å². The highest BCUT2D eigenvalue weighted by atomic mass is 32.2. The molecule has 0 aromatic heterocycles. The number of nitrogens with one attached hydrogen (secondary N) is 1. The number of aliphatic carboxylic acids is 1. The fourth-order valence-electron chi connectivity index (χ4n) is 1.57. The van der Waals surface area contributed by atoms with Crippen molar-refractivity contribution in [3.05, 3.63) is 35.9 Å². The predicted octanol–water partition coefficient (Wildman–Crippen LogP) is 1.01. The van der Waals surface area contributed by atoms with Crippen molar-refractivity contribution in [3.8, 4) is 0 Å². The Hall–Kier alpha value is -1.40. The van der Waals surface area contributed by atoms with Crippen LogP contribution in [-0.4, -0.2) is 31.3 Å². The molecule has 0 saturated heterocycles. The lowest BCUT2D eigenvalue weighted by Crippen LogP contribution is -2.36. The molecule has 1 unspecified atom stereocenters. The van der Waals surface area contributed by atoms with Gasteiger partial charge in [0.15, 0.2) is 0 Å². The molecular weight excluding hydrogens is 254 g/mol. The Morgan fingerprint density at radius 1 is 1.33 bits per heavy atom. The smallest absolute Gasteiger partial charge is 0.304 e. The maximum Gasteiger partial charge on any atom is 0.304 e. The molecule has 0 fully saturated rings. The first-order valence-corrected chi connectivity index (χ1v) is 7.30. The van der Waals surface area contributed by atoms with Gasteiger partial charge in [0.2, 0.25) is 10.0 Å². The van der Waals surface area contributed by atoms with Gasteiger partial charge in [-0.3, -0.25) is 4.79 Å². The minimum absolute atomic E-state index is 0.0407. The van der Waals surface area contributed by atoms with E-state index < -0.39 is 22.0 Å². The predicted molar refractivity (Wildman–Crippen MR) is 68.8 cm³/mol. The van der Waals surface area contributed by atoms with E-state index in [1.54, 1.807) is 0 Å². The molecule has 1 aromatic carbocycles. The number of sulfonamides is 1. The van der Waals surface area contributed by atoms with Crippen molar-refractivity contribution >= 4 is 16.0 Å². The van der Waals surface area contributed by atoms with Gasteiger partial charge in [-0.25, -0.2) is 13.1 Å². The number of rotatable bonds is 7. The lowest BCUT2D eigenvalue weighted by Gasteiger charge is -2.12. The molecule has 0 amide bonds. The van der Waals surface area contributed by atoms with Gasteiger partial charge in [-0.15, -0.1) is 0 Å². The summed E-state index contributed by atoms with van der Waals surface area (Å²) in [5.74, 6) is -1.06. The molecule has 5 nitrogen and oxygen atoms in total. The topological polar surface area (TPSA) is 83.5 Å². The summed E-state index contributed by atoms with van der Waals surface area (Å²) < 4.78 is 25.7. The maximum absolute atomic E-state index is 11.7. The fraction of sp³-hybridized carbons (Fsp3) is 0.417. The van der Waals surface area contributed by atoms with Crippen molar-refractivity contribution < 1.29 is 18.3 Å². The Morgan fingerprint density at radius 2 is 1.94 bits per heavy atom. The van der Waals surface area contributed by atoms with E-state index in [0.717, 1.165) is 5.56 Å². The van der Waals surface area contributed by atoms with Gasteiger partial charge < -0.3 is 5.11 Å². The second-order valence-electron chi connectivity index (χ2n) is 4.17. The van der Waals surface area contributed by atoms with Crippen LogP contribution in [-0.2, 0) is 21.2 Å². The summed E-state index contributed by atoms with van der Waals surface area (Å²) in [5.41, 5.74) is 0.939. The van der Waals surface area contributed by atoms with Crippen LogP contribution in [0.25, 0.3) is 0 Å². The average molecular weight is 271 g/mol. The summed E-state index contributed by atoms with van der Waals surface area (Å²) >= 11 is 0. The van der Waals surface area contributed by atoms with Gasteiger partial charge in [-0.05, 0) is 18.9 Å². The molecule has 0 aliphatic rings. The molecular formula is C12H17NO4S. The SMILES string of the molecule is CC(CC(=O)O)NS(=O)(=O)CCc1ccccc1. The average Bonchev–Trinajstić information content (AvgIpc) is 2.26. The van der Waals surface area contributed by atoms with Crippen LogP contribution in [0.3, 0.4) is 0 Å². The van der Waals surface area contributed by atoms with Gasteiger partial charge in [-0.1, -0.05) is 30.3 Å². The van der Waals surface area contributed by atoms with Crippen LogP contribution in [0.15, 0.2) is 30.3 Å². The van der Waals surface area contributed by atoms with Gasteiger partial charge in [0.1, 0.15) is 0 Å². The van der Waals surface area contributed by atoms with Crippen LogP contribution in [0, 0.1) is 0 Å². The van der Waals surface area contributed by atoms with E-state index >= 15 is 0 Å². The lowest BCUT2D eigenvalue weighted by molar-refractivity contribution is -0.137. The van der Waals surface area contributed by atoms with E-state index in [-0.39, 0.29) is 12.2 Å². The number of aryl methyl sites for hydroxylation is 1. The van der Waals surface area contributed by atoms with Crippen molar-refractivity contribution in [3.63, 3.8) is 0 Å². The highest BCUT2D eigenvalue weighted by Gasteiger charge is 2.16. The number of hydrogen-bond acceptors (Lipinski definition) is 3. The van der Waals surface area contributed by atoms with Gasteiger partial charge in [0, 0.05) is 6.04 Å². The van der Waals surface area contributed by atoms with Crippen LogP contribution < -0.4 is 4.72 Å². The highest BCUT2D eigenvalue weighted by molar-refractivity contribution is 7.89. The van der Waals surface area contributed by atoms with Crippen LogP contribution in [0.1, 0.15) is 18.9 Å². The molecule has 1 aromatic rings. The molecule has 0 aliphatic carbocycles. The second-order valence-corrected chi connectivity index (χ2v) is 6.04. The standard InChI is InChI=1S/C12H17NO4S/c1-10(9-12(14)15)13-18(16,17)8-7-11-5-3-2-4-6-11/h2-6,10,13H,7-9H2,1H3,(H,14,15). The fourth-order valence-corrected chi connectivity index (χ4v) is 2.88. The summed E-state index contributed by atoms with van der Waals surface area (Å²) in [7, 11) is -3.44. The molecule has 18 heavy (non-hydrogen) atoms. The summed E-state index contributed by atoms with van der Waals surface area (Å²) in [6.45, 7) is 1.54. The third kappa shape index (κ3) is 5.79. The largest absolute Gasteiger partial charge is 0.481 e. The Labute approximate surface area is 107 Å². The number of carbonyl (C=O) groups is 1. The van der Waals surface area contributed by atoms with Crippen LogP contribution in [0.2, 0.25) is 0 Å². The number of carboxylic acids is 1. The molecule has 0 aliphatic heterocycles. The first-order chi connectivity index (χ1) is 8.39. The van der Waals surface area contributed by atoms with E-state index in [1.165, 1.54) is 6.92 Å². The number of benzene rings is 1. The summed E-state index contributed by atoms with van der Waals surface area (Å²) in [6, 6.07) is 8.69. The molecule has 0 heterocycles. The van der Waals surface area contributed by atoms with Crippen LogP contribution >= 0.6 is 0 Å². The van der Waals surface area contributed by atoms with Gasteiger partial charge in [0.05, 0.1) is 12.2 Å². The molecule has 1 rings (SSSR count). The van der Waals surface area contributed by atoms with E-state index in [1.807, 2.05) is 30.3 Å². The third-order valence-electron chi connectivity index (χ3n) is 2.36. The molecule has 2 N–H and O–H groups in total. The van der Waals surface area contributed by atoms with E-state index in [9.17, 15) is 13.2 Å². The zero-order chi connectivity index (χ0) is 13.6. The van der Waals surface area contributed by atoms with Gasteiger partial charge in [0.25, 0.3) is 0 Å². The van der Waals surface area contributed by atoms with Crippen molar-refractivity contribution in [2.24, 2.45) is 0 Å². The zero-order valence-electron chi connectivity index (χ0n) is 10.2. The first kappa shape index (κ1) is 14.7. The monoisotopic (exact) mass is 271 g/mol.